The van der Waals surface area contributed by atoms with Crippen molar-refractivity contribution in [2.45, 2.75) is 6.42 Å². The summed E-state index contributed by atoms with van der Waals surface area (Å²) in [6.45, 7) is 1.97. The lowest BCUT2D eigenvalue weighted by Crippen LogP contribution is -2.23. The Morgan fingerprint density at radius 1 is 1.21 bits per heavy atom. The van der Waals surface area contributed by atoms with Crippen LogP contribution in [0.5, 0.6) is 0 Å². The minimum Gasteiger partial charge on any atom is -0.358 e. The lowest BCUT2D eigenvalue weighted by atomic mass is 10.2. The van der Waals surface area contributed by atoms with Gasteiger partial charge in [0.05, 0.1) is 5.69 Å². The summed E-state index contributed by atoms with van der Waals surface area (Å²) < 4.78 is 0. The number of pyridine rings is 1. The molecule has 2 aromatic rings. The molecule has 0 unspecified atom stereocenters. The summed E-state index contributed by atoms with van der Waals surface area (Å²) in [4.78, 5) is 6.19. The van der Waals surface area contributed by atoms with Gasteiger partial charge in [-0.2, -0.15) is 0 Å². The predicted octanol–water partition coefficient (Wildman–Crippen LogP) is 1.58. The second-order valence-electron chi connectivity index (χ2n) is 4.40. The van der Waals surface area contributed by atoms with Crippen LogP contribution in [0.2, 0.25) is 0 Å². The normalized spacial score (nSPS) is 10.4. The quantitative estimate of drug-likeness (QED) is 0.796. The zero-order valence-electron chi connectivity index (χ0n) is 11.4. The summed E-state index contributed by atoms with van der Waals surface area (Å²) in [5.74, 6) is 0.892. The van der Waals surface area contributed by atoms with E-state index >= 15 is 0 Å². The molecule has 0 aliphatic rings. The van der Waals surface area contributed by atoms with Gasteiger partial charge < -0.3 is 10.2 Å². The number of anilines is 1. The molecule has 0 aliphatic heterocycles. The van der Waals surface area contributed by atoms with Crippen molar-refractivity contribution in [3.8, 4) is 11.3 Å². The second kappa shape index (κ2) is 6.80. The van der Waals surface area contributed by atoms with Gasteiger partial charge in [0.2, 0.25) is 0 Å². The van der Waals surface area contributed by atoms with Gasteiger partial charge in [0.25, 0.3) is 0 Å². The minimum absolute atomic E-state index is 0.848. The van der Waals surface area contributed by atoms with Crippen LogP contribution in [0.3, 0.4) is 0 Å². The smallest absolute Gasteiger partial charge is 0.151 e. The average molecular weight is 257 g/mol. The van der Waals surface area contributed by atoms with Gasteiger partial charge >= 0.3 is 0 Å². The van der Waals surface area contributed by atoms with Crippen LogP contribution in [0.15, 0.2) is 36.7 Å². The van der Waals surface area contributed by atoms with Gasteiger partial charge in [-0.3, -0.25) is 4.98 Å². The molecular weight excluding hydrogens is 238 g/mol. The lowest BCUT2D eigenvalue weighted by Gasteiger charge is -2.17. The van der Waals surface area contributed by atoms with E-state index in [2.05, 4.69) is 25.4 Å². The van der Waals surface area contributed by atoms with Gasteiger partial charge in [-0.15, -0.1) is 10.2 Å². The van der Waals surface area contributed by atoms with E-state index in [9.17, 15) is 0 Å². The maximum atomic E-state index is 4.26. The van der Waals surface area contributed by atoms with E-state index in [-0.39, 0.29) is 0 Å². The van der Waals surface area contributed by atoms with Gasteiger partial charge in [0.1, 0.15) is 0 Å². The summed E-state index contributed by atoms with van der Waals surface area (Å²) in [6.07, 6.45) is 4.63. The maximum Gasteiger partial charge on any atom is 0.151 e. The predicted molar refractivity (Wildman–Crippen MR) is 77.1 cm³/mol. The zero-order valence-corrected chi connectivity index (χ0v) is 11.4. The fourth-order valence-corrected chi connectivity index (χ4v) is 1.80. The Hall–Kier alpha value is -2.01. The highest BCUT2D eigenvalue weighted by Crippen LogP contribution is 2.16. The van der Waals surface area contributed by atoms with Crippen LogP contribution in [0.1, 0.15) is 6.42 Å². The molecule has 5 nitrogen and oxygen atoms in total. The van der Waals surface area contributed by atoms with E-state index < -0.39 is 0 Å². The molecule has 2 heterocycles. The molecule has 100 valence electrons. The summed E-state index contributed by atoms with van der Waals surface area (Å²) in [6, 6.07) is 7.85. The molecular formula is C14H19N5. The largest absolute Gasteiger partial charge is 0.358 e. The summed E-state index contributed by atoms with van der Waals surface area (Å²) in [5, 5.41) is 11.6. The molecule has 0 radical (unpaired) electrons. The van der Waals surface area contributed by atoms with Crippen molar-refractivity contribution in [1.29, 1.82) is 0 Å². The highest BCUT2D eigenvalue weighted by atomic mass is 15.2. The molecule has 2 rings (SSSR count). The Labute approximate surface area is 113 Å². The van der Waals surface area contributed by atoms with E-state index in [0.717, 1.165) is 36.6 Å². The number of nitrogens with one attached hydrogen (secondary N) is 1. The van der Waals surface area contributed by atoms with Crippen molar-refractivity contribution < 1.29 is 0 Å². The van der Waals surface area contributed by atoms with E-state index in [4.69, 9.17) is 0 Å². The highest BCUT2D eigenvalue weighted by Gasteiger charge is 2.04. The maximum absolute atomic E-state index is 4.26. The molecule has 1 N–H and O–H groups in total. The SMILES string of the molecule is CNCCCN(C)c1ccc(-c2cccnc2)nn1. The van der Waals surface area contributed by atoms with E-state index in [0.29, 0.717) is 0 Å². The Balaban J connectivity index is 2.02. The minimum atomic E-state index is 0.848. The molecule has 0 aliphatic carbocycles. The van der Waals surface area contributed by atoms with Gasteiger partial charge in [0, 0.05) is 31.5 Å². The molecule has 0 atom stereocenters. The van der Waals surface area contributed by atoms with E-state index in [1.165, 1.54) is 0 Å². The molecule has 19 heavy (non-hydrogen) atoms. The Morgan fingerprint density at radius 2 is 2.11 bits per heavy atom. The molecule has 0 aromatic carbocycles. The van der Waals surface area contributed by atoms with Crippen LogP contribution in [0.25, 0.3) is 11.3 Å². The fourth-order valence-electron chi connectivity index (χ4n) is 1.80. The average Bonchev–Trinajstić information content (AvgIpc) is 2.48. The van der Waals surface area contributed by atoms with Crippen LogP contribution in [0, 0.1) is 0 Å². The molecule has 0 spiro atoms. The molecule has 0 amide bonds. The zero-order chi connectivity index (χ0) is 13.5. The molecule has 5 heteroatoms. The molecule has 0 saturated carbocycles. The van der Waals surface area contributed by atoms with Crippen molar-refractivity contribution in [3.05, 3.63) is 36.7 Å². The summed E-state index contributed by atoms with van der Waals surface area (Å²) in [7, 11) is 3.99. The summed E-state index contributed by atoms with van der Waals surface area (Å²) >= 11 is 0. The first-order valence-electron chi connectivity index (χ1n) is 6.41. The van der Waals surface area contributed by atoms with Gasteiger partial charge in [0.15, 0.2) is 5.82 Å². The molecule has 2 aromatic heterocycles. The topological polar surface area (TPSA) is 53.9 Å². The molecule has 0 bridgehead atoms. The number of aromatic nitrogens is 3. The number of rotatable bonds is 6. The van der Waals surface area contributed by atoms with Crippen LogP contribution >= 0.6 is 0 Å². The Kier molecular flexibility index (Phi) is 4.80. The van der Waals surface area contributed by atoms with Crippen LogP contribution in [-0.2, 0) is 0 Å². The van der Waals surface area contributed by atoms with Gasteiger partial charge in [-0.25, -0.2) is 0 Å². The first-order chi connectivity index (χ1) is 9.31. The van der Waals surface area contributed by atoms with Crippen molar-refractivity contribution in [2.24, 2.45) is 0 Å². The third-order valence-corrected chi connectivity index (χ3v) is 2.92. The second-order valence-corrected chi connectivity index (χ2v) is 4.40. The summed E-state index contributed by atoms with van der Waals surface area (Å²) in [5.41, 5.74) is 1.83. The monoisotopic (exact) mass is 257 g/mol. The van der Waals surface area contributed by atoms with Gasteiger partial charge in [-0.1, -0.05) is 0 Å². The standard InChI is InChI=1S/C14H19N5/c1-15-8-4-10-19(2)14-7-6-13(17-18-14)12-5-3-9-16-11-12/h3,5-7,9,11,15H,4,8,10H2,1-2H3. The Morgan fingerprint density at radius 3 is 2.74 bits per heavy atom. The Bertz CT molecular complexity index is 483. The van der Waals surface area contributed by atoms with Crippen LogP contribution < -0.4 is 10.2 Å². The highest BCUT2D eigenvalue weighted by molar-refractivity contribution is 5.58. The van der Waals surface area contributed by atoms with Crippen molar-refractivity contribution in [2.75, 3.05) is 32.1 Å². The van der Waals surface area contributed by atoms with Crippen molar-refractivity contribution >= 4 is 5.82 Å². The first kappa shape index (κ1) is 13.4. The van der Waals surface area contributed by atoms with Crippen LogP contribution in [0.4, 0.5) is 5.82 Å². The molecule has 0 fully saturated rings. The lowest BCUT2D eigenvalue weighted by molar-refractivity contribution is 0.706. The van der Waals surface area contributed by atoms with Crippen molar-refractivity contribution in [3.63, 3.8) is 0 Å². The van der Waals surface area contributed by atoms with E-state index in [1.54, 1.807) is 12.4 Å². The third-order valence-electron chi connectivity index (χ3n) is 2.92. The van der Waals surface area contributed by atoms with Crippen LogP contribution in [-0.4, -0.2) is 42.4 Å². The number of nitrogens with zero attached hydrogens (tertiary/aromatic N) is 4. The van der Waals surface area contributed by atoms with Crippen molar-refractivity contribution in [1.82, 2.24) is 20.5 Å². The number of hydrogen-bond acceptors (Lipinski definition) is 5. The third kappa shape index (κ3) is 3.72. The first-order valence-corrected chi connectivity index (χ1v) is 6.41. The van der Waals surface area contributed by atoms with Gasteiger partial charge in [-0.05, 0) is 44.3 Å². The van der Waals surface area contributed by atoms with E-state index in [1.807, 2.05) is 38.4 Å². The molecule has 0 saturated heterocycles. The fraction of sp³-hybridized carbons (Fsp3) is 0.357. The number of hydrogen-bond donors (Lipinski definition) is 1.